The van der Waals surface area contributed by atoms with E-state index in [1.54, 1.807) is 36.4 Å². The van der Waals surface area contributed by atoms with Crippen LogP contribution in [0.4, 0.5) is 20.6 Å². The molecule has 0 radical (unpaired) electrons. The summed E-state index contributed by atoms with van der Waals surface area (Å²) in [7, 11) is 0. The highest BCUT2D eigenvalue weighted by Crippen LogP contribution is 2.18. The van der Waals surface area contributed by atoms with Crippen molar-refractivity contribution in [2.24, 2.45) is 0 Å². The van der Waals surface area contributed by atoms with E-state index in [-0.39, 0.29) is 5.69 Å². The van der Waals surface area contributed by atoms with E-state index in [0.717, 1.165) is 5.56 Å². The van der Waals surface area contributed by atoms with Crippen LogP contribution < -0.4 is 15.4 Å². The molecule has 3 aromatic carbocycles. The predicted molar refractivity (Wildman–Crippen MR) is 96.3 cm³/mol. The summed E-state index contributed by atoms with van der Waals surface area (Å²) in [6.07, 6.45) is 0. The fourth-order valence-electron chi connectivity index (χ4n) is 2.22. The van der Waals surface area contributed by atoms with Gasteiger partial charge in [0.05, 0.1) is 5.69 Å². The second kappa shape index (κ2) is 7.97. The molecule has 0 bridgehead atoms. The zero-order chi connectivity index (χ0) is 17.5. The third kappa shape index (κ3) is 4.81. The maximum atomic E-state index is 13.5. The average Bonchev–Trinajstić information content (AvgIpc) is 2.64. The third-order valence-corrected chi connectivity index (χ3v) is 3.48. The molecule has 3 aromatic rings. The quantitative estimate of drug-likeness (QED) is 0.685. The monoisotopic (exact) mass is 336 g/mol. The van der Waals surface area contributed by atoms with E-state index in [1.165, 1.54) is 12.1 Å². The van der Waals surface area contributed by atoms with Crippen LogP contribution in [-0.4, -0.2) is 6.03 Å². The Kier molecular flexibility index (Phi) is 5.26. The van der Waals surface area contributed by atoms with Crippen molar-refractivity contribution in [3.63, 3.8) is 0 Å². The lowest BCUT2D eigenvalue weighted by molar-refractivity contribution is 0.262. The molecular formula is C20H17FN2O2. The Hall–Kier alpha value is -3.34. The van der Waals surface area contributed by atoms with Gasteiger partial charge in [-0.15, -0.1) is 0 Å². The van der Waals surface area contributed by atoms with Crippen molar-refractivity contribution in [3.05, 3.63) is 90.2 Å². The number of amides is 2. The highest BCUT2D eigenvalue weighted by molar-refractivity contribution is 5.99. The van der Waals surface area contributed by atoms with Crippen LogP contribution in [0.15, 0.2) is 78.9 Å². The summed E-state index contributed by atoms with van der Waals surface area (Å²) in [4.78, 5) is 11.9. The SMILES string of the molecule is O=C(Nc1ccc(OCc2ccccc2)cc1)Nc1ccccc1F. The van der Waals surface area contributed by atoms with Crippen molar-refractivity contribution < 1.29 is 13.9 Å². The Balaban J connectivity index is 1.53. The minimum Gasteiger partial charge on any atom is -0.489 e. The highest BCUT2D eigenvalue weighted by atomic mass is 19.1. The summed E-state index contributed by atoms with van der Waals surface area (Å²) in [5.74, 6) is 0.214. The number of carbonyl (C=O) groups excluding carboxylic acids is 1. The van der Waals surface area contributed by atoms with Crippen molar-refractivity contribution in [3.8, 4) is 5.75 Å². The first-order chi connectivity index (χ1) is 12.2. The molecule has 0 aliphatic rings. The Morgan fingerprint density at radius 3 is 2.24 bits per heavy atom. The van der Waals surface area contributed by atoms with Crippen LogP contribution in [0.5, 0.6) is 5.75 Å². The van der Waals surface area contributed by atoms with Crippen molar-refractivity contribution in [2.45, 2.75) is 6.61 Å². The summed E-state index contributed by atoms with van der Waals surface area (Å²) in [6, 6.07) is 22.3. The molecule has 0 aliphatic carbocycles. The number of urea groups is 1. The van der Waals surface area contributed by atoms with E-state index in [9.17, 15) is 9.18 Å². The molecule has 2 N–H and O–H groups in total. The molecule has 0 heterocycles. The number of ether oxygens (including phenoxy) is 1. The molecule has 0 atom stereocenters. The van der Waals surface area contributed by atoms with Crippen LogP contribution in [-0.2, 0) is 6.61 Å². The molecule has 25 heavy (non-hydrogen) atoms. The molecule has 0 unspecified atom stereocenters. The Morgan fingerprint density at radius 1 is 0.840 bits per heavy atom. The summed E-state index contributed by atoms with van der Waals surface area (Å²) >= 11 is 0. The maximum Gasteiger partial charge on any atom is 0.323 e. The molecular weight excluding hydrogens is 319 g/mol. The van der Waals surface area contributed by atoms with Gasteiger partial charge in [0, 0.05) is 5.69 Å². The van der Waals surface area contributed by atoms with Gasteiger partial charge in [-0.25, -0.2) is 9.18 Å². The van der Waals surface area contributed by atoms with E-state index < -0.39 is 11.8 Å². The van der Waals surface area contributed by atoms with Crippen LogP contribution in [0.2, 0.25) is 0 Å². The fraction of sp³-hybridized carbons (Fsp3) is 0.0500. The van der Waals surface area contributed by atoms with Gasteiger partial charge in [-0.05, 0) is 42.0 Å². The molecule has 2 amide bonds. The number of benzene rings is 3. The van der Waals surface area contributed by atoms with Gasteiger partial charge < -0.3 is 15.4 Å². The Labute approximate surface area is 145 Å². The molecule has 0 aromatic heterocycles. The Bertz CT molecular complexity index is 836. The molecule has 5 heteroatoms. The van der Waals surface area contributed by atoms with E-state index in [0.29, 0.717) is 18.0 Å². The van der Waals surface area contributed by atoms with Gasteiger partial charge in [0.15, 0.2) is 0 Å². The van der Waals surface area contributed by atoms with Gasteiger partial charge in [0.2, 0.25) is 0 Å². The number of para-hydroxylation sites is 1. The van der Waals surface area contributed by atoms with E-state index in [2.05, 4.69) is 10.6 Å². The summed E-state index contributed by atoms with van der Waals surface area (Å²) in [5.41, 5.74) is 1.79. The molecule has 3 rings (SSSR count). The van der Waals surface area contributed by atoms with Gasteiger partial charge in [-0.1, -0.05) is 42.5 Å². The zero-order valence-electron chi connectivity index (χ0n) is 13.4. The summed E-state index contributed by atoms with van der Waals surface area (Å²) in [5, 5.41) is 5.11. The smallest absolute Gasteiger partial charge is 0.323 e. The Morgan fingerprint density at radius 2 is 1.52 bits per heavy atom. The van der Waals surface area contributed by atoms with E-state index >= 15 is 0 Å². The van der Waals surface area contributed by atoms with Gasteiger partial charge in [-0.3, -0.25) is 0 Å². The van der Waals surface area contributed by atoms with Gasteiger partial charge in [0.25, 0.3) is 0 Å². The van der Waals surface area contributed by atoms with Crippen LogP contribution in [0.3, 0.4) is 0 Å². The first-order valence-corrected chi connectivity index (χ1v) is 7.80. The topological polar surface area (TPSA) is 50.4 Å². The van der Waals surface area contributed by atoms with Gasteiger partial charge in [0.1, 0.15) is 18.2 Å². The van der Waals surface area contributed by atoms with Crippen molar-refractivity contribution in [1.82, 2.24) is 0 Å². The largest absolute Gasteiger partial charge is 0.489 e. The molecule has 0 saturated heterocycles. The lowest BCUT2D eigenvalue weighted by Crippen LogP contribution is -2.20. The van der Waals surface area contributed by atoms with E-state index in [1.807, 2.05) is 30.3 Å². The lowest BCUT2D eigenvalue weighted by Gasteiger charge is -2.10. The number of halogens is 1. The van der Waals surface area contributed by atoms with Crippen molar-refractivity contribution in [1.29, 1.82) is 0 Å². The van der Waals surface area contributed by atoms with Crippen LogP contribution in [0.25, 0.3) is 0 Å². The van der Waals surface area contributed by atoms with Crippen molar-refractivity contribution in [2.75, 3.05) is 10.6 Å². The first kappa shape index (κ1) is 16.5. The van der Waals surface area contributed by atoms with Crippen molar-refractivity contribution >= 4 is 17.4 Å². The van der Waals surface area contributed by atoms with Gasteiger partial charge in [-0.2, -0.15) is 0 Å². The number of carbonyl (C=O) groups is 1. The number of rotatable bonds is 5. The van der Waals surface area contributed by atoms with Gasteiger partial charge >= 0.3 is 6.03 Å². The highest BCUT2D eigenvalue weighted by Gasteiger charge is 2.06. The molecule has 0 saturated carbocycles. The maximum absolute atomic E-state index is 13.5. The molecule has 0 aliphatic heterocycles. The third-order valence-electron chi connectivity index (χ3n) is 3.48. The second-order valence-electron chi connectivity index (χ2n) is 5.36. The second-order valence-corrected chi connectivity index (χ2v) is 5.36. The fourth-order valence-corrected chi connectivity index (χ4v) is 2.22. The molecule has 4 nitrogen and oxygen atoms in total. The molecule has 0 spiro atoms. The predicted octanol–water partition coefficient (Wildman–Crippen LogP) is 5.05. The number of anilines is 2. The summed E-state index contributed by atoms with van der Waals surface area (Å²) in [6.45, 7) is 0.474. The first-order valence-electron chi connectivity index (χ1n) is 7.80. The molecule has 0 fully saturated rings. The normalized spacial score (nSPS) is 10.1. The number of hydrogen-bond donors (Lipinski definition) is 2. The standard InChI is InChI=1S/C20H17FN2O2/c21-18-8-4-5-9-19(18)23-20(24)22-16-10-12-17(13-11-16)25-14-15-6-2-1-3-7-15/h1-13H,14H2,(H2,22,23,24). The average molecular weight is 336 g/mol. The minimum absolute atomic E-state index is 0.128. The summed E-state index contributed by atoms with van der Waals surface area (Å²) < 4.78 is 19.2. The number of hydrogen-bond acceptors (Lipinski definition) is 2. The van der Waals surface area contributed by atoms with Crippen LogP contribution >= 0.6 is 0 Å². The zero-order valence-corrected chi connectivity index (χ0v) is 13.4. The minimum atomic E-state index is -0.511. The van der Waals surface area contributed by atoms with Crippen LogP contribution in [0.1, 0.15) is 5.56 Å². The molecule has 126 valence electrons. The number of nitrogens with one attached hydrogen (secondary N) is 2. The van der Waals surface area contributed by atoms with E-state index in [4.69, 9.17) is 4.74 Å². The van der Waals surface area contributed by atoms with Crippen LogP contribution in [0, 0.1) is 5.82 Å². The lowest BCUT2D eigenvalue weighted by atomic mass is 10.2.